The van der Waals surface area contributed by atoms with E-state index in [0.717, 1.165) is 79.8 Å². The maximum atomic E-state index is 13.0. The van der Waals surface area contributed by atoms with Crippen LogP contribution in [0.1, 0.15) is 49.7 Å². The molecule has 1 aliphatic carbocycles. The molecule has 2 aliphatic heterocycles. The van der Waals surface area contributed by atoms with E-state index in [2.05, 4.69) is 57.6 Å². The van der Waals surface area contributed by atoms with Gasteiger partial charge in [0.1, 0.15) is 0 Å². The van der Waals surface area contributed by atoms with Gasteiger partial charge < -0.3 is 15.5 Å². The molecule has 34 heavy (non-hydrogen) atoms. The van der Waals surface area contributed by atoms with E-state index in [1.165, 1.54) is 27.8 Å². The van der Waals surface area contributed by atoms with Gasteiger partial charge in [-0.15, -0.1) is 0 Å². The van der Waals surface area contributed by atoms with Gasteiger partial charge in [-0.25, -0.2) is 0 Å². The van der Waals surface area contributed by atoms with Crippen molar-refractivity contribution in [3.8, 4) is 0 Å². The molecule has 6 heteroatoms. The molecule has 4 rings (SSSR count). The maximum absolute atomic E-state index is 13.0. The molecule has 2 saturated heterocycles. The summed E-state index contributed by atoms with van der Waals surface area (Å²) in [6.07, 6.45) is 10.2. The van der Waals surface area contributed by atoms with Crippen LogP contribution in [0.15, 0.2) is 58.3 Å². The van der Waals surface area contributed by atoms with Crippen molar-refractivity contribution in [2.45, 2.75) is 44.9 Å². The first-order chi connectivity index (χ1) is 16.4. The van der Waals surface area contributed by atoms with Gasteiger partial charge in [-0.1, -0.05) is 29.8 Å². The highest BCUT2D eigenvalue weighted by Gasteiger charge is 2.28. The second-order valence-corrected chi connectivity index (χ2v) is 11.2. The molecular weight excluding hydrogens is 510 g/mol. The minimum Gasteiger partial charge on any atom is -0.404 e. The quantitative estimate of drug-likeness (QED) is 0.470. The zero-order valence-electron chi connectivity index (χ0n) is 20.1. The van der Waals surface area contributed by atoms with Gasteiger partial charge in [0, 0.05) is 35.2 Å². The summed E-state index contributed by atoms with van der Waals surface area (Å²) in [5, 5.41) is 0.762. The van der Waals surface area contributed by atoms with E-state index < -0.39 is 0 Å². The normalized spacial score (nSPS) is 22.2. The number of likely N-dealkylation sites (tertiary alicyclic amines) is 2. The SMILES string of the molecule is C=C1C(=C2CCN(C(=O)CC3CCN(C)CC3)CC2)c2ccc(Cl)cc2CC/C1=C/C(Br)=C\N. The first-order valence-electron chi connectivity index (χ1n) is 12.3. The van der Waals surface area contributed by atoms with Crippen molar-refractivity contribution in [1.29, 1.82) is 0 Å². The molecule has 2 fully saturated rings. The highest BCUT2D eigenvalue weighted by atomic mass is 79.9. The molecule has 0 bridgehead atoms. The van der Waals surface area contributed by atoms with E-state index >= 15 is 0 Å². The Labute approximate surface area is 217 Å². The Morgan fingerprint density at radius 3 is 2.56 bits per heavy atom. The lowest BCUT2D eigenvalue weighted by molar-refractivity contribution is -0.133. The molecule has 0 spiro atoms. The van der Waals surface area contributed by atoms with Gasteiger partial charge in [-0.05, 0) is 127 Å². The first kappa shape index (κ1) is 25.3. The maximum Gasteiger partial charge on any atom is 0.222 e. The fourth-order valence-electron chi connectivity index (χ4n) is 5.45. The lowest BCUT2D eigenvalue weighted by atomic mass is 9.85. The topological polar surface area (TPSA) is 49.6 Å². The third-order valence-corrected chi connectivity index (χ3v) is 8.26. The van der Waals surface area contributed by atoms with Crippen LogP contribution >= 0.6 is 27.5 Å². The van der Waals surface area contributed by atoms with E-state index in [1.54, 1.807) is 6.20 Å². The van der Waals surface area contributed by atoms with Gasteiger partial charge in [-0.3, -0.25) is 4.79 Å². The largest absolute Gasteiger partial charge is 0.404 e. The summed E-state index contributed by atoms with van der Waals surface area (Å²) < 4.78 is 0.853. The van der Waals surface area contributed by atoms with Crippen LogP contribution in [-0.4, -0.2) is 48.9 Å². The van der Waals surface area contributed by atoms with Crippen LogP contribution in [0.25, 0.3) is 5.57 Å². The molecule has 3 aliphatic rings. The lowest BCUT2D eigenvalue weighted by Crippen LogP contribution is -2.39. The van der Waals surface area contributed by atoms with Crippen LogP contribution in [0.5, 0.6) is 0 Å². The number of carbonyl (C=O) groups is 1. The molecule has 0 atom stereocenters. The van der Waals surface area contributed by atoms with Crippen LogP contribution in [0.4, 0.5) is 0 Å². The van der Waals surface area contributed by atoms with Gasteiger partial charge in [0.05, 0.1) is 0 Å². The Hall–Kier alpha value is -1.82. The Morgan fingerprint density at radius 1 is 1.18 bits per heavy atom. The predicted molar refractivity (Wildman–Crippen MR) is 146 cm³/mol. The van der Waals surface area contributed by atoms with Gasteiger partial charge >= 0.3 is 0 Å². The highest BCUT2D eigenvalue weighted by Crippen LogP contribution is 2.42. The molecule has 0 radical (unpaired) electrons. The van der Waals surface area contributed by atoms with Crippen molar-refractivity contribution in [1.82, 2.24) is 9.80 Å². The number of nitrogens with zero attached hydrogens (tertiary/aromatic N) is 2. The molecule has 1 aromatic carbocycles. The fraction of sp³-hybridized carbons (Fsp3) is 0.464. The zero-order valence-corrected chi connectivity index (χ0v) is 22.4. The van der Waals surface area contributed by atoms with E-state index in [1.807, 2.05) is 6.07 Å². The van der Waals surface area contributed by atoms with Gasteiger partial charge in [0.25, 0.3) is 0 Å². The third kappa shape index (κ3) is 5.87. The summed E-state index contributed by atoms with van der Waals surface area (Å²) in [5.74, 6) is 0.853. The van der Waals surface area contributed by atoms with Crippen LogP contribution in [0.3, 0.4) is 0 Å². The van der Waals surface area contributed by atoms with Crippen molar-refractivity contribution in [2.75, 3.05) is 33.2 Å². The number of carbonyl (C=O) groups excluding carboxylic acids is 1. The van der Waals surface area contributed by atoms with Crippen LogP contribution in [0.2, 0.25) is 5.02 Å². The number of hydrogen-bond donors (Lipinski definition) is 1. The Kier molecular flexibility index (Phi) is 8.39. The van der Waals surface area contributed by atoms with Crippen LogP contribution < -0.4 is 5.73 Å². The molecule has 2 heterocycles. The summed E-state index contributed by atoms with van der Waals surface area (Å²) in [7, 11) is 2.16. The lowest BCUT2D eigenvalue weighted by Gasteiger charge is -2.33. The van der Waals surface area contributed by atoms with Crippen molar-refractivity contribution in [3.63, 3.8) is 0 Å². The summed E-state index contributed by atoms with van der Waals surface area (Å²) in [6.45, 7) is 8.30. The smallest absolute Gasteiger partial charge is 0.222 e. The number of aryl methyl sites for hydroxylation is 1. The average molecular weight is 545 g/mol. The molecule has 1 amide bonds. The number of amides is 1. The molecule has 1 aromatic rings. The minimum atomic E-state index is 0.322. The minimum absolute atomic E-state index is 0.322. The van der Waals surface area contributed by atoms with Crippen LogP contribution in [0, 0.1) is 5.92 Å². The van der Waals surface area contributed by atoms with E-state index in [0.29, 0.717) is 18.2 Å². The number of hydrogen-bond acceptors (Lipinski definition) is 3. The van der Waals surface area contributed by atoms with E-state index in [4.69, 9.17) is 17.3 Å². The first-order valence-corrected chi connectivity index (χ1v) is 13.5. The standard InChI is InChI=1S/C28H35BrClN3O/c1-19-22(16-24(29)18-31)3-4-23-17-25(30)5-6-26(23)28(19)21-9-13-33(14-10-21)27(34)15-20-7-11-32(2)12-8-20/h5-6,16-18,20H,1,3-4,7-15,31H2,2H3/b22-16-,24-18+. The monoisotopic (exact) mass is 543 g/mol. The van der Waals surface area contributed by atoms with Crippen molar-refractivity contribution in [3.05, 3.63) is 74.4 Å². The Morgan fingerprint density at radius 2 is 1.88 bits per heavy atom. The number of benzene rings is 1. The summed E-state index contributed by atoms with van der Waals surface area (Å²) in [5.41, 5.74) is 13.1. The van der Waals surface area contributed by atoms with Crippen LogP contribution in [-0.2, 0) is 11.2 Å². The number of halogens is 2. The number of rotatable bonds is 3. The van der Waals surface area contributed by atoms with E-state index in [-0.39, 0.29) is 0 Å². The molecule has 2 N–H and O–H groups in total. The Balaban J connectivity index is 1.55. The predicted octanol–water partition coefficient (Wildman–Crippen LogP) is 6.07. The van der Waals surface area contributed by atoms with E-state index in [9.17, 15) is 4.79 Å². The molecule has 0 aromatic heterocycles. The van der Waals surface area contributed by atoms with Gasteiger partial charge in [0.2, 0.25) is 5.91 Å². The van der Waals surface area contributed by atoms with Crippen molar-refractivity contribution < 1.29 is 4.79 Å². The fourth-order valence-corrected chi connectivity index (χ4v) is 5.92. The molecule has 4 nitrogen and oxygen atoms in total. The number of allylic oxidation sites excluding steroid dienone is 5. The number of fused-ring (bicyclic) bond motifs is 1. The molecular formula is C28H35BrClN3O. The third-order valence-electron chi connectivity index (χ3n) is 7.54. The highest BCUT2D eigenvalue weighted by molar-refractivity contribution is 9.11. The second kappa shape index (κ2) is 11.3. The molecule has 0 unspecified atom stereocenters. The summed E-state index contributed by atoms with van der Waals surface area (Å²) in [6, 6.07) is 6.19. The second-order valence-electron chi connectivity index (χ2n) is 9.81. The Bertz CT molecular complexity index is 1040. The van der Waals surface area contributed by atoms with Gasteiger partial charge in [0.15, 0.2) is 0 Å². The summed E-state index contributed by atoms with van der Waals surface area (Å²) >= 11 is 9.88. The summed E-state index contributed by atoms with van der Waals surface area (Å²) in [4.78, 5) is 17.5. The van der Waals surface area contributed by atoms with Crippen molar-refractivity contribution >= 4 is 39.0 Å². The zero-order chi connectivity index (χ0) is 24.2. The van der Waals surface area contributed by atoms with Crippen molar-refractivity contribution in [2.24, 2.45) is 11.7 Å². The number of piperidine rings is 2. The van der Waals surface area contributed by atoms with Gasteiger partial charge in [-0.2, -0.15) is 0 Å². The average Bonchev–Trinajstić information content (AvgIpc) is 2.96. The molecule has 0 saturated carbocycles. The molecule has 182 valence electrons. The number of nitrogens with two attached hydrogens (primary N) is 1.